The van der Waals surface area contributed by atoms with Gasteiger partial charge in [0.1, 0.15) is 5.82 Å². The van der Waals surface area contributed by atoms with E-state index in [1.807, 2.05) is 13.8 Å². The Kier molecular flexibility index (Phi) is 5.10. The number of benzene rings is 1. The van der Waals surface area contributed by atoms with Crippen molar-refractivity contribution in [3.8, 4) is 0 Å². The van der Waals surface area contributed by atoms with Gasteiger partial charge in [0.2, 0.25) is 0 Å². The van der Waals surface area contributed by atoms with E-state index in [-0.39, 0.29) is 12.2 Å². The molecule has 0 radical (unpaired) electrons. The van der Waals surface area contributed by atoms with Gasteiger partial charge in [-0.25, -0.2) is 4.39 Å². The second-order valence-corrected chi connectivity index (χ2v) is 4.13. The molecule has 0 amide bonds. The second-order valence-electron chi connectivity index (χ2n) is 4.13. The molecule has 2 N–H and O–H groups in total. The van der Waals surface area contributed by atoms with Crippen molar-refractivity contribution in [2.45, 2.75) is 32.7 Å². The summed E-state index contributed by atoms with van der Waals surface area (Å²) < 4.78 is 13.7. The minimum Gasteiger partial charge on any atom is -0.481 e. The molecule has 0 spiro atoms. The number of aryl methyl sites for hydroxylation is 1. The minimum absolute atomic E-state index is 0.111. The summed E-state index contributed by atoms with van der Waals surface area (Å²) in [7, 11) is 0. The zero-order valence-electron chi connectivity index (χ0n) is 10.2. The van der Waals surface area contributed by atoms with Crippen LogP contribution in [0.25, 0.3) is 0 Å². The molecular weight excluding hydrogens is 221 g/mol. The predicted octanol–water partition coefficient (Wildman–Crippen LogP) is 2.65. The number of hydrogen-bond donors (Lipinski definition) is 2. The second kappa shape index (κ2) is 6.35. The fourth-order valence-electron chi connectivity index (χ4n) is 1.72. The first-order valence-electron chi connectivity index (χ1n) is 5.75. The van der Waals surface area contributed by atoms with Gasteiger partial charge in [0.05, 0.1) is 6.42 Å². The van der Waals surface area contributed by atoms with Crippen molar-refractivity contribution in [1.29, 1.82) is 0 Å². The summed E-state index contributed by atoms with van der Waals surface area (Å²) >= 11 is 0. The highest BCUT2D eigenvalue weighted by Crippen LogP contribution is 2.21. The van der Waals surface area contributed by atoms with E-state index in [0.717, 1.165) is 12.0 Å². The zero-order valence-corrected chi connectivity index (χ0v) is 10.2. The third-order valence-electron chi connectivity index (χ3n) is 2.55. The van der Waals surface area contributed by atoms with Gasteiger partial charge < -0.3 is 10.4 Å². The number of carboxylic acid groups (broad SMARTS) is 1. The van der Waals surface area contributed by atoms with E-state index in [0.29, 0.717) is 12.1 Å². The lowest BCUT2D eigenvalue weighted by molar-refractivity contribution is -0.137. The summed E-state index contributed by atoms with van der Waals surface area (Å²) in [4.78, 5) is 10.8. The Morgan fingerprint density at radius 1 is 1.53 bits per heavy atom. The number of nitrogens with one attached hydrogen (secondary N) is 1. The van der Waals surface area contributed by atoms with Crippen molar-refractivity contribution in [3.05, 3.63) is 35.1 Å². The first-order valence-corrected chi connectivity index (χ1v) is 5.75. The Morgan fingerprint density at radius 2 is 2.24 bits per heavy atom. The van der Waals surface area contributed by atoms with Crippen LogP contribution in [0.5, 0.6) is 0 Å². The minimum atomic E-state index is -0.931. The lowest BCUT2D eigenvalue weighted by Gasteiger charge is -2.18. The van der Waals surface area contributed by atoms with Crippen LogP contribution in [-0.2, 0) is 4.79 Å². The summed E-state index contributed by atoms with van der Waals surface area (Å²) in [6, 6.07) is 4.29. The van der Waals surface area contributed by atoms with Crippen LogP contribution < -0.4 is 5.32 Å². The van der Waals surface area contributed by atoms with E-state index in [1.54, 1.807) is 12.1 Å². The van der Waals surface area contributed by atoms with Crippen LogP contribution in [0.1, 0.15) is 36.9 Å². The standard InChI is InChI=1S/C13H18FNO2/c1-3-6-15-12(8-13(16)17)10-7-9(2)4-5-11(10)14/h4-5,7,12,15H,3,6,8H2,1-2H3,(H,16,17). The highest BCUT2D eigenvalue weighted by Gasteiger charge is 2.18. The quantitative estimate of drug-likeness (QED) is 0.802. The molecule has 17 heavy (non-hydrogen) atoms. The molecule has 1 atom stereocenters. The van der Waals surface area contributed by atoms with Gasteiger partial charge in [0.25, 0.3) is 0 Å². The normalized spacial score (nSPS) is 12.4. The van der Waals surface area contributed by atoms with E-state index in [1.165, 1.54) is 6.07 Å². The topological polar surface area (TPSA) is 49.3 Å². The molecule has 0 saturated carbocycles. The molecule has 0 aromatic heterocycles. The smallest absolute Gasteiger partial charge is 0.305 e. The Morgan fingerprint density at radius 3 is 2.82 bits per heavy atom. The largest absolute Gasteiger partial charge is 0.481 e. The van der Waals surface area contributed by atoms with Crippen LogP contribution in [0.4, 0.5) is 4.39 Å². The zero-order chi connectivity index (χ0) is 12.8. The predicted molar refractivity (Wildman–Crippen MR) is 64.4 cm³/mol. The number of halogens is 1. The Hall–Kier alpha value is -1.42. The lowest BCUT2D eigenvalue weighted by atomic mass is 10.0. The fraction of sp³-hybridized carbons (Fsp3) is 0.462. The van der Waals surface area contributed by atoms with Gasteiger partial charge >= 0.3 is 5.97 Å². The summed E-state index contributed by atoms with van der Waals surface area (Å²) in [6.45, 7) is 4.52. The summed E-state index contributed by atoms with van der Waals surface area (Å²) in [5.41, 5.74) is 1.36. The Bertz CT molecular complexity index is 393. The van der Waals surface area contributed by atoms with Crippen LogP contribution >= 0.6 is 0 Å². The molecule has 0 fully saturated rings. The van der Waals surface area contributed by atoms with Gasteiger partial charge in [-0.2, -0.15) is 0 Å². The van der Waals surface area contributed by atoms with Crippen molar-refractivity contribution in [2.75, 3.05) is 6.54 Å². The number of aliphatic carboxylic acids is 1. The molecule has 94 valence electrons. The van der Waals surface area contributed by atoms with Crippen molar-refractivity contribution in [1.82, 2.24) is 5.32 Å². The maximum atomic E-state index is 13.7. The van der Waals surface area contributed by atoms with Gasteiger partial charge in [-0.15, -0.1) is 0 Å². The number of carboxylic acids is 1. The van der Waals surface area contributed by atoms with Gasteiger partial charge in [0.15, 0.2) is 0 Å². The van der Waals surface area contributed by atoms with Crippen molar-refractivity contribution in [3.63, 3.8) is 0 Å². The lowest BCUT2D eigenvalue weighted by Crippen LogP contribution is -2.25. The summed E-state index contributed by atoms with van der Waals surface area (Å²) in [6.07, 6.45) is 0.768. The van der Waals surface area contributed by atoms with Crippen LogP contribution in [0.2, 0.25) is 0 Å². The van der Waals surface area contributed by atoms with Gasteiger partial charge in [-0.3, -0.25) is 4.79 Å². The van der Waals surface area contributed by atoms with Crippen LogP contribution in [0.15, 0.2) is 18.2 Å². The molecule has 0 aliphatic rings. The van der Waals surface area contributed by atoms with E-state index < -0.39 is 12.0 Å². The molecule has 0 aliphatic heterocycles. The first kappa shape index (κ1) is 13.6. The van der Waals surface area contributed by atoms with Crippen molar-refractivity contribution in [2.24, 2.45) is 0 Å². The molecule has 0 saturated heterocycles. The van der Waals surface area contributed by atoms with Gasteiger partial charge in [-0.05, 0) is 26.0 Å². The Balaban J connectivity index is 2.93. The molecule has 0 bridgehead atoms. The van der Waals surface area contributed by atoms with Crippen molar-refractivity contribution >= 4 is 5.97 Å². The maximum Gasteiger partial charge on any atom is 0.305 e. The number of carbonyl (C=O) groups is 1. The summed E-state index contributed by atoms with van der Waals surface area (Å²) in [5, 5.41) is 11.9. The SMILES string of the molecule is CCCNC(CC(=O)O)c1cc(C)ccc1F. The monoisotopic (exact) mass is 239 g/mol. The maximum absolute atomic E-state index is 13.7. The van der Waals surface area contributed by atoms with Crippen LogP contribution in [0, 0.1) is 12.7 Å². The highest BCUT2D eigenvalue weighted by atomic mass is 19.1. The van der Waals surface area contributed by atoms with E-state index in [4.69, 9.17) is 5.11 Å². The molecule has 1 rings (SSSR count). The molecule has 1 aromatic carbocycles. The Labute approximate surface area is 101 Å². The fourth-order valence-corrected chi connectivity index (χ4v) is 1.72. The summed E-state index contributed by atoms with van der Waals surface area (Å²) in [5.74, 6) is -1.29. The molecule has 3 nitrogen and oxygen atoms in total. The number of rotatable bonds is 6. The molecule has 4 heteroatoms. The molecule has 1 unspecified atom stereocenters. The number of hydrogen-bond acceptors (Lipinski definition) is 2. The highest BCUT2D eigenvalue weighted by molar-refractivity contribution is 5.68. The van der Waals surface area contributed by atoms with Gasteiger partial charge in [-0.1, -0.05) is 24.6 Å². The van der Waals surface area contributed by atoms with E-state index in [2.05, 4.69) is 5.32 Å². The average molecular weight is 239 g/mol. The molecular formula is C13H18FNO2. The van der Waals surface area contributed by atoms with E-state index >= 15 is 0 Å². The molecule has 0 aliphatic carbocycles. The third-order valence-corrected chi connectivity index (χ3v) is 2.55. The molecule has 1 aromatic rings. The van der Waals surface area contributed by atoms with Crippen LogP contribution in [0.3, 0.4) is 0 Å². The van der Waals surface area contributed by atoms with E-state index in [9.17, 15) is 9.18 Å². The third kappa shape index (κ3) is 4.15. The van der Waals surface area contributed by atoms with Crippen LogP contribution in [-0.4, -0.2) is 17.6 Å². The van der Waals surface area contributed by atoms with Crippen molar-refractivity contribution < 1.29 is 14.3 Å². The first-order chi connectivity index (χ1) is 8.04. The molecule has 0 heterocycles. The average Bonchev–Trinajstić information content (AvgIpc) is 2.27. The van der Waals surface area contributed by atoms with Gasteiger partial charge in [0, 0.05) is 11.6 Å².